The number of aromatic nitrogens is 3. The molecule has 2 rings (SSSR count). The fraction of sp³-hybridized carbons (Fsp3) is 0.455. The molecule has 0 fully saturated rings. The molecule has 1 atom stereocenters. The average molecular weight is 220 g/mol. The van der Waals surface area contributed by atoms with E-state index in [9.17, 15) is 0 Å². The molecule has 0 spiro atoms. The molecule has 1 N–H and O–H groups in total. The van der Waals surface area contributed by atoms with Crippen LogP contribution >= 0.6 is 0 Å². The van der Waals surface area contributed by atoms with Crippen LogP contribution in [-0.4, -0.2) is 27.6 Å². The molecule has 0 amide bonds. The first-order valence-electron chi connectivity index (χ1n) is 5.44. The molecular formula is C11H16N4O. The van der Waals surface area contributed by atoms with Crippen LogP contribution in [0.1, 0.15) is 12.7 Å². The Bertz CT molecular complexity index is 382. The lowest BCUT2D eigenvalue weighted by Gasteiger charge is -2.11. The highest BCUT2D eigenvalue weighted by Crippen LogP contribution is 2.03. The monoisotopic (exact) mass is 220 g/mol. The first kappa shape index (κ1) is 10.9. The molecule has 1 unspecified atom stereocenters. The first-order valence-corrected chi connectivity index (χ1v) is 5.44. The fourth-order valence-electron chi connectivity index (χ4n) is 1.58. The second kappa shape index (κ2) is 5.46. The van der Waals surface area contributed by atoms with Gasteiger partial charge in [0.2, 0.25) is 0 Å². The van der Waals surface area contributed by atoms with Gasteiger partial charge < -0.3 is 9.73 Å². The Morgan fingerprint density at radius 1 is 1.56 bits per heavy atom. The Hall–Kier alpha value is -1.62. The molecule has 0 saturated heterocycles. The largest absolute Gasteiger partial charge is 0.469 e. The maximum Gasteiger partial charge on any atom is 0.105 e. The molecule has 0 aliphatic rings. The highest BCUT2D eigenvalue weighted by Gasteiger charge is 2.04. The zero-order chi connectivity index (χ0) is 11.2. The molecule has 0 radical (unpaired) electrons. The standard InChI is InChI=1S/C11H16N4O/c1-10(9-11-3-2-8-16-11)12-4-6-15-7-5-13-14-15/h2-3,5,7-8,10,12H,4,6,9H2,1H3. The lowest BCUT2D eigenvalue weighted by Crippen LogP contribution is -2.31. The molecule has 0 aliphatic carbocycles. The van der Waals surface area contributed by atoms with Crippen molar-refractivity contribution in [2.45, 2.75) is 25.9 Å². The number of nitrogens with one attached hydrogen (secondary N) is 1. The second-order valence-electron chi connectivity index (χ2n) is 3.80. The molecule has 5 heteroatoms. The van der Waals surface area contributed by atoms with Gasteiger partial charge in [0.15, 0.2) is 0 Å². The predicted octanol–water partition coefficient (Wildman–Crippen LogP) is 1.09. The lowest BCUT2D eigenvalue weighted by molar-refractivity contribution is 0.441. The van der Waals surface area contributed by atoms with E-state index >= 15 is 0 Å². The van der Waals surface area contributed by atoms with E-state index in [2.05, 4.69) is 22.6 Å². The van der Waals surface area contributed by atoms with Gasteiger partial charge in [-0.1, -0.05) is 5.21 Å². The number of hydrogen-bond donors (Lipinski definition) is 1. The summed E-state index contributed by atoms with van der Waals surface area (Å²) in [7, 11) is 0. The Balaban J connectivity index is 1.66. The van der Waals surface area contributed by atoms with Gasteiger partial charge in [0.25, 0.3) is 0 Å². The van der Waals surface area contributed by atoms with Gasteiger partial charge in [-0.05, 0) is 19.1 Å². The maximum atomic E-state index is 5.29. The third kappa shape index (κ3) is 3.20. The van der Waals surface area contributed by atoms with Crippen LogP contribution in [0.25, 0.3) is 0 Å². The summed E-state index contributed by atoms with van der Waals surface area (Å²) in [6.45, 7) is 3.86. The third-order valence-electron chi connectivity index (χ3n) is 2.39. The second-order valence-corrected chi connectivity index (χ2v) is 3.80. The zero-order valence-corrected chi connectivity index (χ0v) is 9.34. The van der Waals surface area contributed by atoms with Crippen LogP contribution < -0.4 is 5.32 Å². The van der Waals surface area contributed by atoms with E-state index in [1.54, 1.807) is 12.5 Å². The van der Waals surface area contributed by atoms with Gasteiger partial charge in [-0.25, -0.2) is 0 Å². The van der Waals surface area contributed by atoms with Crippen LogP contribution in [-0.2, 0) is 13.0 Å². The van der Waals surface area contributed by atoms with Crippen molar-refractivity contribution >= 4 is 0 Å². The highest BCUT2D eigenvalue weighted by atomic mass is 16.3. The molecule has 0 bridgehead atoms. The minimum Gasteiger partial charge on any atom is -0.469 e. The summed E-state index contributed by atoms with van der Waals surface area (Å²) in [5.74, 6) is 1.01. The summed E-state index contributed by atoms with van der Waals surface area (Å²) >= 11 is 0. The van der Waals surface area contributed by atoms with Crippen molar-refractivity contribution in [2.24, 2.45) is 0 Å². The Morgan fingerprint density at radius 2 is 2.50 bits per heavy atom. The molecule has 0 saturated carbocycles. The Morgan fingerprint density at radius 3 is 3.19 bits per heavy atom. The van der Waals surface area contributed by atoms with E-state index in [-0.39, 0.29) is 0 Å². The molecule has 2 aromatic heterocycles. The number of rotatable bonds is 6. The first-order chi connectivity index (χ1) is 7.84. The van der Waals surface area contributed by atoms with Crippen molar-refractivity contribution < 1.29 is 4.42 Å². The van der Waals surface area contributed by atoms with Crippen LogP contribution in [0.2, 0.25) is 0 Å². The van der Waals surface area contributed by atoms with E-state index in [1.165, 1.54) is 0 Å². The van der Waals surface area contributed by atoms with Crippen LogP contribution in [0.4, 0.5) is 0 Å². The van der Waals surface area contributed by atoms with Gasteiger partial charge in [-0.15, -0.1) is 5.10 Å². The molecular weight excluding hydrogens is 204 g/mol. The summed E-state index contributed by atoms with van der Waals surface area (Å²) in [4.78, 5) is 0. The molecule has 2 aromatic rings. The van der Waals surface area contributed by atoms with Crippen molar-refractivity contribution in [3.05, 3.63) is 36.5 Å². The highest BCUT2D eigenvalue weighted by molar-refractivity contribution is 4.99. The Kier molecular flexibility index (Phi) is 3.71. The zero-order valence-electron chi connectivity index (χ0n) is 9.34. The van der Waals surface area contributed by atoms with Crippen molar-refractivity contribution in [1.29, 1.82) is 0 Å². The van der Waals surface area contributed by atoms with E-state index in [4.69, 9.17) is 4.42 Å². The van der Waals surface area contributed by atoms with Crippen LogP contribution in [0.5, 0.6) is 0 Å². The maximum absolute atomic E-state index is 5.29. The van der Waals surface area contributed by atoms with Gasteiger partial charge in [-0.2, -0.15) is 0 Å². The SMILES string of the molecule is CC(Cc1ccco1)NCCn1ccnn1. The van der Waals surface area contributed by atoms with Crippen LogP contribution in [0, 0.1) is 0 Å². The lowest BCUT2D eigenvalue weighted by atomic mass is 10.2. The number of hydrogen-bond acceptors (Lipinski definition) is 4. The van der Waals surface area contributed by atoms with E-state index in [0.717, 1.165) is 25.3 Å². The summed E-state index contributed by atoms with van der Waals surface area (Å²) < 4.78 is 7.10. The topological polar surface area (TPSA) is 55.9 Å². The van der Waals surface area contributed by atoms with Crippen molar-refractivity contribution in [1.82, 2.24) is 20.3 Å². The predicted molar refractivity (Wildman–Crippen MR) is 59.9 cm³/mol. The normalized spacial score (nSPS) is 12.8. The van der Waals surface area contributed by atoms with Crippen LogP contribution in [0.15, 0.2) is 35.2 Å². The van der Waals surface area contributed by atoms with Crippen molar-refractivity contribution in [3.8, 4) is 0 Å². The molecule has 86 valence electrons. The van der Waals surface area contributed by atoms with E-state index in [0.29, 0.717) is 6.04 Å². The molecule has 2 heterocycles. The van der Waals surface area contributed by atoms with Crippen molar-refractivity contribution in [3.63, 3.8) is 0 Å². The van der Waals surface area contributed by atoms with Gasteiger partial charge in [-0.3, -0.25) is 4.68 Å². The summed E-state index contributed by atoms with van der Waals surface area (Å²) in [6, 6.07) is 4.31. The quantitative estimate of drug-likeness (QED) is 0.791. The summed E-state index contributed by atoms with van der Waals surface area (Å²) in [5, 5.41) is 11.1. The minimum absolute atomic E-state index is 0.398. The van der Waals surface area contributed by atoms with Gasteiger partial charge in [0.1, 0.15) is 5.76 Å². The van der Waals surface area contributed by atoms with Gasteiger partial charge in [0, 0.05) is 25.2 Å². The van der Waals surface area contributed by atoms with Gasteiger partial charge >= 0.3 is 0 Å². The molecule has 0 aliphatic heterocycles. The average Bonchev–Trinajstić information content (AvgIpc) is 2.90. The number of furan rings is 1. The van der Waals surface area contributed by atoms with E-state index in [1.807, 2.05) is 23.0 Å². The van der Waals surface area contributed by atoms with Crippen LogP contribution in [0.3, 0.4) is 0 Å². The smallest absolute Gasteiger partial charge is 0.105 e. The molecule has 0 aromatic carbocycles. The Labute approximate surface area is 94.5 Å². The minimum atomic E-state index is 0.398. The van der Waals surface area contributed by atoms with Gasteiger partial charge in [0.05, 0.1) is 19.0 Å². The molecule has 5 nitrogen and oxygen atoms in total. The van der Waals surface area contributed by atoms with Crippen molar-refractivity contribution in [2.75, 3.05) is 6.54 Å². The molecule has 16 heavy (non-hydrogen) atoms. The number of nitrogens with zero attached hydrogens (tertiary/aromatic N) is 3. The van der Waals surface area contributed by atoms with E-state index < -0.39 is 0 Å². The summed E-state index contributed by atoms with van der Waals surface area (Å²) in [6.07, 6.45) is 6.16. The fourth-order valence-corrected chi connectivity index (χ4v) is 1.58. The summed E-state index contributed by atoms with van der Waals surface area (Å²) in [5.41, 5.74) is 0. The third-order valence-corrected chi connectivity index (χ3v) is 2.39.